The van der Waals surface area contributed by atoms with Crippen LogP contribution in [0.5, 0.6) is 11.5 Å². The number of nitriles is 1. The van der Waals surface area contributed by atoms with Gasteiger partial charge in [-0.15, -0.1) is 0 Å². The molecule has 1 saturated heterocycles. The number of hydrogen-bond donors (Lipinski definition) is 1. The zero-order valence-corrected chi connectivity index (χ0v) is 25.9. The third-order valence-electron chi connectivity index (χ3n) is 7.09. The van der Waals surface area contributed by atoms with Gasteiger partial charge in [-0.1, -0.05) is 67.3 Å². The van der Waals surface area contributed by atoms with Gasteiger partial charge in [-0.3, -0.25) is 19.1 Å². The van der Waals surface area contributed by atoms with Crippen molar-refractivity contribution in [3.8, 4) is 17.6 Å². The zero-order chi connectivity index (χ0) is 30.2. The molecular weight excluding hydrogens is 569 g/mol. The highest BCUT2D eigenvalue weighted by Gasteiger charge is 2.32. The first-order valence-electron chi connectivity index (χ1n) is 13.7. The van der Waals surface area contributed by atoms with Gasteiger partial charge in [0.1, 0.15) is 21.8 Å². The van der Waals surface area contributed by atoms with Crippen LogP contribution in [-0.4, -0.2) is 47.0 Å². The van der Waals surface area contributed by atoms with E-state index in [4.69, 9.17) is 21.7 Å². The summed E-state index contributed by atoms with van der Waals surface area (Å²) in [5.41, 5.74) is 3.07. The van der Waals surface area contributed by atoms with Crippen LogP contribution in [0.2, 0.25) is 0 Å². The maximum Gasteiger partial charge on any atom is 0.270 e. The molecule has 0 unspecified atom stereocenters. The molecule has 1 aliphatic rings. The first-order chi connectivity index (χ1) is 20.3. The molecule has 1 fully saturated rings. The van der Waals surface area contributed by atoms with E-state index in [9.17, 15) is 14.9 Å². The number of nitrogens with one attached hydrogen (secondary N) is 1. The number of carbonyl (C=O) groups excluding carboxylic acids is 1. The summed E-state index contributed by atoms with van der Waals surface area (Å²) >= 11 is 6.83. The van der Waals surface area contributed by atoms with Gasteiger partial charge >= 0.3 is 0 Å². The number of pyridine rings is 1. The molecule has 1 amide bonds. The SMILES string of the molecule is CCCn1c(NCCc2ccccc2)c(/C=C2/SC(=S)N(CCc3ccc(OC)c(OC)c3)C2=O)c(C)c(C#N)c1=O. The van der Waals surface area contributed by atoms with E-state index in [0.717, 1.165) is 17.5 Å². The number of amides is 1. The van der Waals surface area contributed by atoms with Crippen molar-refractivity contribution in [3.05, 3.63) is 91.6 Å². The third-order valence-corrected chi connectivity index (χ3v) is 8.47. The predicted octanol–water partition coefficient (Wildman–Crippen LogP) is 5.55. The number of thiocarbonyl (C=S) groups is 1. The summed E-state index contributed by atoms with van der Waals surface area (Å²) in [6, 6.07) is 17.8. The summed E-state index contributed by atoms with van der Waals surface area (Å²) in [6.07, 6.45) is 3.80. The van der Waals surface area contributed by atoms with Gasteiger partial charge in [0.15, 0.2) is 11.5 Å². The van der Waals surface area contributed by atoms with Crippen molar-refractivity contribution >= 4 is 46.1 Å². The molecule has 0 atom stereocenters. The lowest BCUT2D eigenvalue weighted by Gasteiger charge is -2.20. The molecule has 8 nitrogen and oxygen atoms in total. The van der Waals surface area contributed by atoms with Crippen molar-refractivity contribution in [2.24, 2.45) is 0 Å². The number of aromatic nitrogens is 1. The Bertz CT molecular complexity index is 1610. The van der Waals surface area contributed by atoms with E-state index in [1.54, 1.807) is 36.7 Å². The Morgan fingerprint density at radius 1 is 1.02 bits per heavy atom. The monoisotopic (exact) mass is 602 g/mol. The summed E-state index contributed by atoms with van der Waals surface area (Å²) in [6.45, 7) is 5.15. The fourth-order valence-corrected chi connectivity index (χ4v) is 6.15. The quantitative estimate of drug-likeness (QED) is 0.213. The molecule has 2 aromatic carbocycles. The minimum atomic E-state index is -0.335. The maximum atomic E-state index is 13.6. The molecule has 4 rings (SSSR count). The normalized spacial score (nSPS) is 13.9. The smallest absolute Gasteiger partial charge is 0.270 e. The Hall–Kier alpha value is -4.07. The Labute approximate surface area is 255 Å². The van der Waals surface area contributed by atoms with Crippen LogP contribution >= 0.6 is 24.0 Å². The van der Waals surface area contributed by atoms with Gasteiger partial charge in [0, 0.05) is 25.2 Å². The van der Waals surface area contributed by atoms with Crippen molar-refractivity contribution in [1.29, 1.82) is 5.26 Å². The summed E-state index contributed by atoms with van der Waals surface area (Å²) in [7, 11) is 3.17. The molecule has 0 aliphatic carbocycles. The number of rotatable bonds is 12. The second kappa shape index (κ2) is 14.2. The topological polar surface area (TPSA) is 96.6 Å². The molecule has 0 saturated carbocycles. The minimum Gasteiger partial charge on any atom is -0.493 e. The number of anilines is 1. The molecule has 2 heterocycles. The molecule has 218 valence electrons. The largest absolute Gasteiger partial charge is 0.493 e. The van der Waals surface area contributed by atoms with Gasteiger partial charge in [-0.2, -0.15) is 5.26 Å². The van der Waals surface area contributed by atoms with Crippen LogP contribution in [0.3, 0.4) is 0 Å². The van der Waals surface area contributed by atoms with E-state index >= 15 is 0 Å². The summed E-state index contributed by atoms with van der Waals surface area (Å²) in [5, 5.41) is 13.3. The van der Waals surface area contributed by atoms with Crippen molar-refractivity contribution in [2.45, 2.75) is 39.7 Å². The standard InChI is InChI=1S/C32H34N4O4S2/c1-5-16-35-29(34-15-13-22-9-7-6-8-10-22)24(21(2)25(20-33)30(35)37)19-28-31(38)36(32(41)42-28)17-14-23-11-12-26(39-3)27(18-23)40-4/h6-12,18-19,34H,5,13-17H2,1-4H3/b28-19+. The lowest BCUT2D eigenvalue weighted by molar-refractivity contribution is -0.122. The lowest BCUT2D eigenvalue weighted by Crippen LogP contribution is -2.30. The highest BCUT2D eigenvalue weighted by atomic mass is 32.2. The van der Waals surface area contributed by atoms with Gasteiger partial charge in [0.05, 0.1) is 19.1 Å². The zero-order valence-electron chi connectivity index (χ0n) is 24.2. The fourth-order valence-electron chi connectivity index (χ4n) is 4.86. The summed E-state index contributed by atoms with van der Waals surface area (Å²) in [4.78, 5) is 28.9. The molecule has 1 aliphatic heterocycles. The fraction of sp³-hybridized carbons (Fsp3) is 0.312. The van der Waals surface area contributed by atoms with E-state index in [2.05, 4.69) is 23.5 Å². The molecule has 0 spiro atoms. The number of nitrogens with zero attached hydrogens (tertiary/aromatic N) is 3. The van der Waals surface area contributed by atoms with Gasteiger partial charge in [0.2, 0.25) is 0 Å². The van der Waals surface area contributed by atoms with Crippen LogP contribution < -0.4 is 20.3 Å². The Kier molecular flexibility index (Phi) is 10.4. The minimum absolute atomic E-state index is 0.0761. The van der Waals surface area contributed by atoms with Gasteiger partial charge < -0.3 is 14.8 Å². The predicted molar refractivity (Wildman–Crippen MR) is 172 cm³/mol. The van der Waals surface area contributed by atoms with Crippen molar-refractivity contribution in [2.75, 3.05) is 32.6 Å². The molecule has 10 heteroatoms. The highest BCUT2D eigenvalue weighted by molar-refractivity contribution is 8.26. The number of thioether (sulfide) groups is 1. The van der Waals surface area contributed by atoms with Gasteiger partial charge in [-0.05, 0) is 61.1 Å². The average molecular weight is 603 g/mol. The van der Waals surface area contributed by atoms with E-state index < -0.39 is 0 Å². The van der Waals surface area contributed by atoms with Crippen LogP contribution in [0.25, 0.3) is 6.08 Å². The highest BCUT2D eigenvalue weighted by Crippen LogP contribution is 2.35. The average Bonchev–Trinajstić information content (AvgIpc) is 3.27. The Morgan fingerprint density at radius 2 is 1.76 bits per heavy atom. The van der Waals surface area contributed by atoms with Crippen molar-refractivity contribution < 1.29 is 14.3 Å². The molecule has 0 radical (unpaired) electrons. The second-order valence-corrected chi connectivity index (χ2v) is 11.4. The van der Waals surface area contributed by atoms with Crippen LogP contribution in [-0.2, 0) is 24.2 Å². The first-order valence-corrected chi connectivity index (χ1v) is 15.0. The number of benzene rings is 2. The van der Waals surface area contributed by atoms with Crippen LogP contribution in [0.1, 0.15) is 41.2 Å². The van der Waals surface area contributed by atoms with E-state index in [0.29, 0.717) is 70.1 Å². The first kappa shape index (κ1) is 30.9. The van der Waals surface area contributed by atoms with Crippen molar-refractivity contribution in [3.63, 3.8) is 0 Å². The summed E-state index contributed by atoms with van der Waals surface area (Å²) < 4.78 is 12.8. The van der Waals surface area contributed by atoms with Crippen molar-refractivity contribution in [1.82, 2.24) is 9.47 Å². The Morgan fingerprint density at radius 3 is 2.43 bits per heavy atom. The number of methoxy groups -OCH3 is 2. The molecule has 1 N–H and O–H groups in total. The number of hydrogen-bond acceptors (Lipinski definition) is 8. The van der Waals surface area contributed by atoms with Gasteiger partial charge in [-0.25, -0.2) is 0 Å². The maximum absolute atomic E-state index is 13.6. The number of ether oxygens (including phenoxy) is 2. The Balaban J connectivity index is 1.64. The van der Waals surface area contributed by atoms with Crippen LogP contribution in [0, 0.1) is 18.3 Å². The van der Waals surface area contributed by atoms with Crippen LogP contribution in [0.15, 0.2) is 58.2 Å². The molecule has 1 aromatic heterocycles. The van der Waals surface area contributed by atoms with E-state index in [1.165, 1.54) is 11.8 Å². The van der Waals surface area contributed by atoms with E-state index in [1.807, 2.05) is 43.3 Å². The summed E-state index contributed by atoms with van der Waals surface area (Å²) in [5.74, 6) is 1.66. The molecule has 0 bridgehead atoms. The molecule has 3 aromatic rings. The molecule has 42 heavy (non-hydrogen) atoms. The van der Waals surface area contributed by atoms with Crippen LogP contribution in [0.4, 0.5) is 5.82 Å². The van der Waals surface area contributed by atoms with Gasteiger partial charge in [0.25, 0.3) is 11.5 Å². The lowest BCUT2D eigenvalue weighted by atomic mass is 10.0. The number of carbonyl (C=O) groups is 1. The third kappa shape index (κ3) is 6.69. The van der Waals surface area contributed by atoms with E-state index in [-0.39, 0.29) is 17.0 Å². The molecular formula is C32H34N4O4S2. The second-order valence-electron chi connectivity index (χ2n) is 9.77.